The maximum atomic E-state index is 12.4. The van der Waals surface area contributed by atoms with Crippen LogP contribution < -0.4 is 4.74 Å². The molecular weight excluding hydrogens is 316 g/mol. The van der Waals surface area contributed by atoms with E-state index < -0.39 is 0 Å². The van der Waals surface area contributed by atoms with Crippen molar-refractivity contribution in [3.63, 3.8) is 0 Å². The van der Waals surface area contributed by atoms with Crippen LogP contribution in [0.5, 0.6) is 5.75 Å². The molecule has 2 nitrogen and oxygen atoms in total. The zero-order chi connectivity index (χ0) is 14.1. The summed E-state index contributed by atoms with van der Waals surface area (Å²) in [6.45, 7) is 2.59. The van der Waals surface area contributed by atoms with Crippen LogP contribution in [-0.2, 0) is 0 Å². The molecule has 2 aliphatic rings. The summed E-state index contributed by atoms with van der Waals surface area (Å²) in [5, 5.41) is 0. The van der Waals surface area contributed by atoms with E-state index in [-0.39, 0.29) is 5.78 Å². The van der Waals surface area contributed by atoms with Crippen molar-refractivity contribution in [3.8, 4) is 5.75 Å². The lowest BCUT2D eigenvalue weighted by Crippen LogP contribution is -2.15. The third kappa shape index (κ3) is 2.78. The molecule has 3 atom stereocenters. The molecule has 3 heteroatoms. The Morgan fingerprint density at radius 2 is 2.20 bits per heavy atom. The Kier molecular flexibility index (Phi) is 4.16. The van der Waals surface area contributed by atoms with Crippen LogP contribution in [0, 0.1) is 17.8 Å². The van der Waals surface area contributed by atoms with E-state index >= 15 is 0 Å². The zero-order valence-electron chi connectivity index (χ0n) is 11.9. The molecule has 0 heterocycles. The monoisotopic (exact) mass is 336 g/mol. The smallest absolute Gasteiger partial charge is 0.163 e. The Labute approximate surface area is 129 Å². The second-order valence-electron chi connectivity index (χ2n) is 6.14. The molecule has 0 aliphatic heterocycles. The molecule has 1 aromatic rings. The van der Waals surface area contributed by atoms with E-state index in [1.54, 1.807) is 0 Å². The molecule has 0 radical (unpaired) electrons. The first-order valence-electron chi connectivity index (χ1n) is 7.63. The molecule has 2 bridgehead atoms. The summed E-state index contributed by atoms with van der Waals surface area (Å²) < 4.78 is 6.36. The van der Waals surface area contributed by atoms with E-state index in [1.165, 1.54) is 25.7 Å². The van der Waals surface area contributed by atoms with Gasteiger partial charge in [0.1, 0.15) is 5.75 Å². The van der Waals surface area contributed by atoms with Gasteiger partial charge in [-0.1, -0.05) is 6.42 Å². The number of carbonyl (C=O) groups excluding carboxylic acids is 1. The summed E-state index contributed by atoms with van der Waals surface area (Å²) in [7, 11) is 0. The minimum absolute atomic E-state index is 0.284. The molecule has 0 spiro atoms. The third-order valence-corrected chi connectivity index (χ3v) is 5.51. The number of hydrogen-bond donors (Lipinski definition) is 0. The van der Waals surface area contributed by atoms with E-state index in [1.807, 2.05) is 25.1 Å². The molecule has 2 fully saturated rings. The summed E-state index contributed by atoms with van der Waals surface area (Å²) in [5.41, 5.74) is 0.808. The molecule has 1 aromatic carbocycles. The highest BCUT2D eigenvalue weighted by Gasteiger charge is 2.40. The number of halogens is 1. The Morgan fingerprint density at radius 1 is 1.35 bits per heavy atom. The Bertz CT molecular complexity index is 512. The number of hydrogen-bond acceptors (Lipinski definition) is 2. The van der Waals surface area contributed by atoms with Crippen LogP contribution in [-0.4, -0.2) is 12.4 Å². The Morgan fingerprint density at radius 3 is 2.80 bits per heavy atom. The van der Waals surface area contributed by atoms with Crippen molar-refractivity contribution in [1.82, 2.24) is 0 Å². The quantitative estimate of drug-likeness (QED) is 0.718. The normalized spacial score (nSPS) is 27.8. The van der Waals surface area contributed by atoms with Gasteiger partial charge in [0.05, 0.1) is 11.1 Å². The van der Waals surface area contributed by atoms with Crippen molar-refractivity contribution in [2.45, 2.75) is 39.0 Å². The van der Waals surface area contributed by atoms with Gasteiger partial charge in [-0.3, -0.25) is 4.79 Å². The van der Waals surface area contributed by atoms with E-state index in [9.17, 15) is 4.79 Å². The van der Waals surface area contributed by atoms with E-state index in [0.717, 1.165) is 34.0 Å². The summed E-state index contributed by atoms with van der Waals surface area (Å²) in [6, 6.07) is 5.69. The van der Waals surface area contributed by atoms with Gasteiger partial charge in [-0.15, -0.1) is 0 Å². The maximum Gasteiger partial charge on any atom is 0.163 e. The lowest BCUT2D eigenvalue weighted by Gasteiger charge is -2.20. The van der Waals surface area contributed by atoms with E-state index in [0.29, 0.717) is 12.5 Å². The van der Waals surface area contributed by atoms with E-state index in [4.69, 9.17) is 4.74 Å². The fourth-order valence-electron chi connectivity index (χ4n) is 3.93. The first-order chi connectivity index (χ1) is 9.67. The van der Waals surface area contributed by atoms with Crippen molar-refractivity contribution in [2.75, 3.05) is 6.61 Å². The van der Waals surface area contributed by atoms with Crippen molar-refractivity contribution in [1.29, 1.82) is 0 Å². The van der Waals surface area contributed by atoms with Crippen molar-refractivity contribution in [2.24, 2.45) is 17.8 Å². The highest BCUT2D eigenvalue weighted by Crippen LogP contribution is 2.49. The number of ketones is 1. The number of Topliss-reactive ketones (excluding diaryl/α,β-unsaturated/α-hetero) is 1. The van der Waals surface area contributed by atoms with Crippen LogP contribution in [0.4, 0.5) is 0 Å². The second-order valence-corrected chi connectivity index (χ2v) is 6.99. The highest BCUT2D eigenvalue weighted by atomic mass is 79.9. The third-order valence-electron chi connectivity index (χ3n) is 4.89. The van der Waals surface area contributed by atoms with Crippen LogP contribution in [0.3, 0.4) is 0 Å². The summed E-state index contributed by atoms with van der Waals surface area (Å²) in [6.07, 6.45) is 6.10. The minimum atomic E-state index is 0.284. The van der Waals surface area contributed by atoms with Gasteiger partial charge in [-0.25, -0.2) is 0 Å². The maximum absolute atomic E-state index is 12.4. The molecule has 0 amide bonds. The minimum Gasteiger partial charge on any atom is -0.493 e. The lowest BCUT2D eigenvalue weighted by molar-refractivity contribution is 0.0944. The molecule has 0 N–H and O–H groups in total. The van der Waals surface area contributed by atoms with Crippen LogP contribution in [0.15, 0.2) is 22.7 Å². The number of carbonyl (C=O) groups is 1. The number of fused-ring (bicyclic) bond motifs is 2. The predicted molar refractivity (Wildman–Crippen MR) is 83.2 cm³/mol. The summed E-state index contributed by atoms with van der Waals surface area (Å²) in [4.78, 5) is 12.4. The fourth-order valence-corrected chi connectivity index (χ4v) is 4.42. The molecule has 3 unspecified atom stereocenters. The van der Waals surface area contributed by atoms with Crippen LogP contribution in [0.25, 0.3) is 0 Å². The standard InChI is InChI=1S/C17H21BrO2/c1-2-20-17-6-5-13(9-15(17)18)16(19)10-14-8-11-3-4-12(14)7-11/h5-6,9,11-12,14H,2-4,7-8,10H2,1H3. The zero-order valence-corrected chi connectivity index (χ0v) is 13.5. The first kappa shape index (κ1) is 14.1. The first-order valence-corrected chi connectivity index (χ1v) is 8.42. The number of ether oxygens (including phenoxy) is 1. The van der Waals surface area contributed by atoms with Gasteiger partial charge in [0.2, 0.25) is 0 Å². The summed E-state index contributed by atoms with van der Waals surface area (Å²) >= 11 is 3.48. The van der Waals surface area contributed by atoms with Gasteiger partial charge in [-0.2, -0.15) is 0 Å². The van der Waals surface area contributed by atoms with Gasteiger partial charge in [0.15, 0.2) is 5.78 Å². The van der Waals surface area contributed by atoms with Gasteiger partial charge in [-0.05, 0) is 78.1 Å². The average molecular weight is 337 g/mol. The molecule has 2 saturated carbocycles. The van der Waals surface area contributed by atoms with Gasteiger partial charge < -0.3 is 4.74 Å². The Hall–Kier alpha value is -0.830. The molecule has 108 valence electrons. The van der Waals surface area contributed by atoms with Gasteiger partial charge in [0.25, 0.3) is 0 Å². The molecule has 0 aromatic heterocycles. The van der Waals surface area contributed by atoms with Gasteiger partial charge >= 0.3 is 0 Å². The fraction of sp³-hybridized carbons (Fsp3) is 0.588. The number of rotatable bonds is 5. The van der Waals surface area contributed by atoms with Crippen LogP contribution in [0.2, 0.25) is 0 Å². The number of benzene rings is 1. The molecule has 2 aliphatic carbocycles. The SMILES string of the molecule is CCOc1ccc(C(=O)CC2CC3CCC2C3)cc1Br. The second kappa shape index (κ2) is 5.88. The highest BCUT2D eigenvalue weighted by molar-refractivity contribution is 9.10. The van der Waals surface area contributed by atoms with Crippen molar-refractivity contribution in [3.05, 3.63) is 28.2 Å². The molecule has 0 saturated heterocycles. The average Bonchev–Trinajstić information content (AvgIpc) is 3.03. The van der Waals surface area contributed by atoms with Crippen molar-refractivity contribution < 1.29 is 9.53 Å². The van der Waals surface area contributed by atoms with Gasteiger partial charge in [0, 0.05) is 12.0 Å². The molecule has 20 heavy (non-hydrogen) atoms. The molecule has 3 rings (SSSR count). The molecular formula is C17H21BrO2. The van der Waals surface area contributed by atoms with E-state index in [2.05, 4.69) is 15.9 Å². The Balaban J connectivity index is 1.66. The topological polar surface area (TPSA) is 26.3 Å². The van der Waals surface area contributed by atoms with Crippen LogP contribution >= 0.6 is 15.9 Å². The largest absolute Gasteiger partial charge is 0.493 e. The predicted octanol–water partition coefficient (Wildman–Crippen LogP) is 4.86. The van der Waals surface area contributed by atoms with Crippen molar-refractivity contribution >= 4 is 21.7 Å². The van der Waals surface area contributed by atoms with Crippen LogP contribution in [0.1, 0.15) is 49.4 Å². The summed E-state index contributed by atoms with van der Waals surface area (Å²) in [5.74, 6) is 3.45. The lowest BCUT2D eigenvalue weighted by atomic mass is 9.84.